The lowest BCUT2D eigenvalue weighted by Gasteiger charge is -2.44. The molecule has 4 rings (SSSR count). The Bertz CT molecular complexity index is 1020. The molecule has 2 N–H and O–H groups in total. The molecule has 3 atom stereocenters. The van der Waals surface area contributed by atoms with Crippen molar-refractivity contribution in [2.45, 2.75) is 39.3 Å². The highest BCUT2D eigenvalue weighted by Crippen LogP contribution is 2.48. The Morgan fingerprint density at radius 1 is 1.33 bits per heavy atom. The maximum atomic E-state index is 12.3. The molecule has 2 aliphatic heterocycles. The number of amides is 1. The molecule has 8 nitrogen and oxygen atoms in total. The van der Waals surface area contributed by atoms with Crippen molar-refractivity contribution in [1.82, 2.24) is 14.3 Å². The van der Waals surface area contributed by atoms with E-state index in [4.69, 9.17) is 0 Å². The van der Waals surface area contributed by atoms with Crippen LogP contribution in [0.4, 0.5) is 0 Å². The lowest BCUT2D eigenvalue weighted by atomic mass is 9.83. The van der Waals surface area contributed by atoms with Crippen LogP contribution in [0.2, 0.25) is 0 Å². The van der Waals surface area contributed by atoms with Crippen molar-refractivity contribution in [3.63, 3.8) is 0 Å². The average Bonchev–Trinajstić information content (AvgIpc) is 3.23. The molecule has 4 heterocycles. The molecule has 27 heavy (non-hydrogen) atoms. The number of carbonyl (C=O) groups is 3. The third kappa shape index (κ3) is 2.45. The van der Waals surface area contributed by atoms with Gasteiger partial charge in [0, 0.05) is 17.7 Å². The number of aliphatic hydroxyl groups is 1. The van der Waals surface area contributed by atoms with Crippen molar-refractivity contribution in [2.75, 3.05) is 0 Å². The van der Waals surface area contributed by atoms with Gasteiger partial charge in [-0.15, -0.1) is 11.3 Å². The first-order valence-electron chi connectivity index (χ1n) is 8.71. The van der Waals surface area contributed by atoms with Crippen LogP contribution in [0.25, 0.3) is 10.4 Å². The zero-order valence-corrected chi connectivity index (χ0v) is 15.9. The van der Waals surface area contributed by atoms with Crippen LogP contribution in [0.1, 0.15) is 42.6 Å². The van der Waals surface area contributed by atoms with Crippen LogP contribution in [0.5, 0.6) is 0 Å². The summed E-state index contributed by atoms with van der Waals surface area (Å²) >= 11 is 1.30. The van der Waals surface area contributed by atoms with Gasteiger partial charge in [-0.3, -0.25) is 14.0 Å². The van der Waals surface area contributed by atoms with Crippen molar-refractivity contribution in [3.05, 3.63) is 28.8 Å². The molecule has 0 aromatic carbocycles. The molecule has 9 heteroatoms. The second kappa shape index (κ2) is 6.00. The van der Waals surface area contributed by atoms with E-state index >= 15 is 0 Å². The van der Waals surface area contributed by atoms with E-state index in [1.807, 2.05) is 0 Å². The van der Waals surface area contributed by atoms with Gasteiger partial charge in [0.05, 0.1) is 22.9 Å². The van der Waals surface area contributed by atoms with Crippen LogP contribution in [0, 0.1) is 11.8 Å². The van der Waals surface area contributed by atoms with Crippen molar-refractivity contribution >= 4 is 39.4 Å². The summed E-state index contributed by atoms with van der Waals surface area (Å²) in [4.78, 5) is 43.3. The lowest BCUT2D eigenvalue weighted by molar-refractivity contribution is -0.161. The van der Waals surface area contributed by atoms with Gasteiger partial charge < -0.3 is 15.1 Å². The van der Waals surface area contributed by atoms with E-state index in [1.54, 1.807) is 37.7 Å². The maximum Gasteiger partial charge on any atom is 0.352 e. The Labute approximate surface area is 158 Å². The van der Waals surface area contributed by atoms with Gasteiger partial charge in [-0.1, -0.05) is 13.8 Å². The van der Waals surface area contributed by atoms with Crippen molar-refractivity contribution < 1.29 is 24.6 Å². The summed E-state index contributed by atoms with van der Waals surface area (Å²) in [6.07, 6.45) is 2.83. The highest BCUT2D eigenvalue weighted by Gasteiger charge is 2.57. The summed E-state index contributed by atoms with van der Waals surface area (Å²) < 4.78 is 1.71. The van der Waals surface area contributed by atoms with Gasteiger partial charge in [-0.2, -0.15) is 0 Å². The van der Waals surface area contributed by atoms with Crippen molar-refractivity contribution in [2.24, 2.45) is 11.8 Å². The van der Waals surface area contributed by atoms with Crippen LogP contribution in [0.15, 0.2) is 18.2 Å². The predicted octanol–water partition coefficient (Wildman–Crippen LogP) is 1.64. The number of hydrogen-bond donors (Lipinski definition) is 2. The molecule has 0 bridgehead atoms. The summed E-state index contributed by atoms with van der Waals surface area (Å²) in [6, 6.07) is -0.338. The van der Waals surface area contributed by atoms with E-state index < -0.39 is 18.0 Å². The number of aliphatic hydroxyl groups excluding tert-OH is 1. The number of aromatic nitrogens is 2. The summed E-state index contributed by atoms with van der Waals surface area (Å²) in [7, 11) is 0. The van der Waals surface area contributed by atoms with E-state index in [2.05, 4.69) is 4.98 Å². The zero-order chi connectivity index (χ0) is 19.6. The molecule has 1 saturated heterocycles. The van der Waals surface area contributed by atoms with E-state index in [1.165, 1.54) is 16.2 Å². The third-order valence-electron chi connectivity index (χ3n) is 5.20. The predicted molar refractivity (Wildman–Crippen MR) is 97.2 cm³/mol. The Morgan fingerprint density at radius 2 is 2.04 bits per heavy atom. The molecule has 1 fully saturated rings. The fourth-order valence-electron chi connectivity index (χ4n) is 3.87. The number of imidazole rings is 1. The number of carbonyl (C=O) groups excluding carboxylic acids is 2. The smallest absolute Gasteiger partial charge is 0.352 e. The van der Waals surface area contributed by atoms with Gasteiger partial charge in [0.1, 0.15) is 22.5 Å². The molecule has 0 radical (unpaired) electrons. The highest BCUT2D eigenvalue weighted by atomic mass is 32.1. The number of hydrogen-bond acceptors (Lipinski definition) is 6. The Kier molecular flexibility index (Phi) is 3.97. The number of thiazole rings is 1. The molecule has 2 aliphatic rings. The van der Waals surface area contributed by atoms with Crippen LogP contribution < -0.4 is 0 Å². The fourth-order valence-corrected chi connectivity index (χ4v) is 5.00. The van der Waals surface area contributed by atoms with Gasteiger partial charge in [0.25, 0.3) is 0 Å². The van der Waals surface area contributed by atoms with Gasteiger partial charge in [-0.05, 0) is 13.3 Å². The van der Waals surface area contributed by atoms with Gasteiger partial charge in [0.15, 0.2) is 5.78 Å². The van der Waals surface area contributed by atoms with E-state index in [0.717, 1.165) is 0 Å². The summed E-state index contributed by atoms with van der Waals surface area (Å²) in [6.45, 7) is 5.15. The number of rotatable bonds is 5. The Hall–Kier alpha value is -2.52. The van der Waals surface area contributed by atoms with Crippen LogP contribution in [0.3, 0.4) is 0 Å². The maximum absolute atomic E-state index is 12.3. The molecule has 1 amide bonds. The molecule has 2 aromatic rings. The molecular formula is C18H19N3O5S. The average molecular weight is 389 g/mol. The Balaban J connectivity index is 1.78. The second-order valence-corrected chi connectivity index (χ2v) is 8.33. The number of aliphatic carboxylic acids is 1. The fraction of sp³-hybridized carbons (Fsp3) is 0.444. The molecule has 0 aliphatic carbocycles. The van der Waals surface area contributed by atoms with E-state index in [0.29, 0.717) is 27.4 Å². The quantitative estimate of drug-likeness (QED) is 0.594. The minimum atomic E-state index is -1.17. The van der Waals surface area contributed by atoms with E-state index in [9.17, 15) is 24.6 Å². The number of ketones is 1. The molecule has 0 unspecified atom stereocenters. The van der Waals surface area contributed by atoms with E-state index in [-0.39, 0.29) is 29.3 Å². The summed E-state index contributed by atoms with van der Waals surface area (Å²) in [5.74, 6) is -2.37. The third-order valence-corrected chi connectivity index (χ3v) is 6.37. The van der Waals surface area contributed by atoms with Crippen LogP contribution in [-0.2, 0) is 9.59 Å². The first-order chi connectivity index (χ1) is 12.7. The number of Topliss-reactive ketones (excluding diaryl/α,β-unsaturated/α-hetero) is 1. The zero-order valence-electron chi connectivity index (χ0n) is 15.0. The number of carboxylic acid groups (broad SMARTS) is 1. The van der Waals surface area contributed by atoms with Crippen LogP contribution in [-0.4, -0.2) is 54.3 Å². The minimum Gasteiger partial charge on any atom is -0.477 e. The SMILES string of the molecule is CC(C)C(=O)c1ncn2cc(C3=C(C(=O)O)N4C(=O)[C@H]([C@@H](C)O)[C@H]4C3)sc12. The Morgan fingerprint density at radius 3 is 2.63 bits per heavy atom. The topological polar surface area (TPSA) is 112 Å². The number of nitrogens with zero attached hydrogens (tertiary/aromatic N) is 3. The summed E-state index contributed by atoms with van der Waals surface area (Å²) in [5, 5.41) is 19.5. The molecule has 0 saturated carbocycles. The van der Waals surface area contributed by atoms with Gasteiger partial charge in [0.2, 0.25) is 5.91 Å². The van der Waals surface area contributed by atoms with Crippen LogP contribution >= 0.6 is 11.3 Å². The molecule has 2 aromatic heterocycles. The standard InChI is InChI=1S/C18H19N3O5S/c1-7(2)15(23)13-17-20(6-19-13)5-11(27-17)9-4-10-12(8(3)22)16(24)21(10)14(9)18(25)26/h5-8,10,12,22H,4H2,1-3H3,(H,25,26)/t8-,10-,12-/m1/s1. The second-order valence-electron chi connectivity index (χ2n) is 7.30. The normalized spacial score (nSPS) is 23.1. The monoisotopic (exact) mass is 389 g/mol. The first kappa shape index (κ1) is 17.9. The van der Waals surface area contributed by atoms with Gasteiger partial charge >= 0.3 is 5.97 Å². The van der Waals surface area contributed by atoms with Gasteiger partial charge in [-0.25, -0.2) is 9.78 Å². The van der Waals surface area contributed by atoms with Crippen molar-refractivity contribution in [3.8, 4) is 0 Å². The first-order valence-corrected chi connectivity index (χ1v) is 9.52. The largest absolute Gasteiger partial charge is 0.477 e. The van der Waals surface area contributed by atoms with Crippen molar-refractivity contribution in [1.29, 1.82) is 0 Å². The number of carboxylic acids is 1. The molecular weight excluding hydrogens is 370 g/mol. The number of β-lactam (4-membered cyclic amide) rings is 1. The molecule has 142 valence electrons. The highest BCUT2D eigenvalue weighted by molar-refractivity contribution is 7.18. The minimum absolute atomic E-state index is 0.0314. The lowest BCUT2D eigenvalue weighted by Crippen LogP contribution is -2.61. The molecule has 0 spiro atoms. The summed E-state index contributed by atoms with van der Waals surface area (Å²) in [5.41, 5.74) is 0.898. The number of fused-ring (bicyclic) bond motifs is 2.